The lowest BCUT2D eigenvalue weighted by molar-refractivity contribution is -0.00478. The maximum Gasteiger partial charge on any atom is 0.119 e. The summed E-state index contributed by atoms with van der Waals surface area (Å²) in [7, 11) is 1.70. The van der Waals surface area contributed by atoms with Crippen molar-refractivity contribution in [2.45, 2.75) is 51.4 Å². The summed E-state index contributed by atoms with van der Waals surface area (Å²) < 4.78 is 11.4. The van der Waals surface area contributed by atoms with E-state index in [0.29, 0.717) is 6.04 Å². The number of hydrogen-bond acceptors (Lipinski definition) is 3. The molecule has 0 amide bonds. The summed E-state index contributed by atoms with van der Waals surface area (Å²) in [5, 5.41) is 3.56. The molecule has 3 heteroatoms. The number of hydrogen-bond donors (Lipinski definition) is 1. The quantitative estimate of drug-likeness (QED) is 0.780. The zero-order valence-corrected chi connectivity index (χ0v) is 12.2. The van der Waals surface area contributed by atoms with Gasteiger partial charge in [0, 0.05) is 12.6 Å². The van der Waals surface area contributed by atoms with E-state index in [0.717, 1.165) is 18.7 Å². The molecule has 0 saturated heterocycles. The van der Waals surface area contributed by atoms with Crippen LogP contribution in [0.1, 0.15) is 44.8 Å². The van der Waals surface area contributed by atoms with Crippen LogP contribution in [0, 0.1) is 0 Å². The smallest absolute Gasteiger partial charge is 0.119 e. The van der Waals surface area contributed by atoms with Gasteiger partial charge >= 0.3 is 0 Å². The first-order valence-electron chi connectivity index (χ1n) is 7.25. The zero-order valence-electron chi connectivity index (χ0n) is 12.2. The van der Waals surface area contributed by atoms with E-state index in [9.17, 15) is 0 Å². The highest BCUT2D eigenvalue weighted by atomic mass is 16.5. The van der Waals surface area contributed by atoms with Gasteiger partial charge in [0.2, 0.25) is 0 Å². The van der Waals surface area contributed by atoms with Crippen LogP contribution in [0.15, 0.2) is 24.3 Å². The molecule has 1 aliphatic carbocycles. The molecular formula is C16H25NO2. The van der Waals surface area contributed by atoms with Crippen LogP contribution in [-0.2, 0) is 4.74 Å². The summed E-state index contributed by atoms with van der Waals surface area (Å²) in [6.45, 7) is 5.16. The summed E-state index contributed by atoms with van der Waals surface area (Å²) in [6.07, 6.45) is 4.01. The summed E-state index contributed by atoms with van der Waals surface area (Å²) in [5.41, 5.74) is 1.19. The van der Waals surface area contributed by atoms with E-state index in [1.807, 2.05) is 12.1 Å². The average molecular weight is 263 g/mol. The maximum atomic E-state index is 6.15. The van der Waals surface area contributed by atoms with Gasteiger partial charge < -0.3 is 14.8 Å². The number of benzene rings is 1. The van der Waals surface area contributed by atoms with Crippen LogP contribution in [0.2, 0.25) is 0 Å². The number of nitrogens with one attached hydrogen (secondary N) is 1. The molecule has 1 aromatic rings. The molecule has 2 unspecified atom stereocenters. The van der Waals surface area contributed by atoms with Crippen molar-refractivity contribution in [1.82, 2.24) is 5.32 Å². The zero-order chi connectivity index (χ0) is 13.7. The lowest BCUT2D eigenvalue weighted by atomic mass is 10.1. The molecule has 1 saturated carbocycles. The largest absolute Gasteiger partial charge is 0.497 e. The van der Waals surface area contributed by atoms with Gasteiger partial charge in [0.15, 0.2) is 0 Å². The molecule has 106 valence electrons. The number of rotatable bonds is 8. The fraction of sp³-hybridized carbons (Fsp3) is 0.625. The number of methoxy groups -OCH3 is 1. The average Bonchev–Trinajstić information content (AvgIpc) is 3.27. The molecule has 2 rings (SSSR count). The van der Waals surface area contributed by atoms with Crippen LogP contribution >= 0.6 is 0 Å². The van der Waals surface area contributed by atoms with Gasteiger partial charge in [-0.25, -0.2) is 0 Å². The van der Waals surface area contributed by atoms with Crippen molar-refractivity contribution in [3.8, 4) is 5.75 Å². The highest BCUT2D eigenvalue weighted by Crippen LogP contribution is 2.25. The van der Waals surface area contributed by atoms with E-state index in [-0.39, 0.29) is 12.2 Å². The van der Waals surface area contributed by atoms with Crippen molar-refractivity contribution >= 4 is 0 Å². The first-order chi connectivity index (χ1) is 9.22. The van der Waals surface area contributed by atoms with Crippen LogP contribution in [0.25, 0.3) is 0 Å². The number of ether oxygens (including phenoxy) is 2. The molecular weight excluding hydrogens is 238 g/mol. The van der Waals surface area contributed by atoms with E-state index in [1.165, 1.54) is 18.4 Å². The Morgan fingerprint density at radius 1 is 1.37 bits per heavy atom. The Balaban J connectivity index is 2.04. The molecule has 0 spiro atoms. The second kappa shape index (κ2) is 6.92. The van der Waals surface area contributed by atoms with Crippen LogP contribution in [-0.4, -0.2) is 25.8 Å². The monoisotopic (exact) mass is 263 g/mol. The molecule has 1 aromatic carbocycles. The van der Waals surface area contributed by atoms with Crippen molar-refractivity contribution in [1.29, 1.82) is 0 Å². The Bertz CT molecular complexity index is 390. The van der Waals surface area contributed by atoms with E-state index < -0.39 is 0 Å². The van der Waals surface area contributed by atoms with Gasteiger partial charge in [-0.05, 0) is 43.9 Å². The summed E-state index contributed by atoms with van der Waals surface area (Å²) in [5.74, 6) is 0.890. The normalized spacial score (nSPS) is 18.1. The Kier molecular flexibility index (Phi) is 5.23. The molecule has 0 bridgehead atoms. The van der Waals surface area contributed by atoms with E-state index in [1.54, 1.807) is 7.11 Å². The Hall–Kier alpha value is -1.06. The predicted octanol–water partition coefficient (Wildman–Crippen LogP) is 3.30. The standard InChI is InChI=1S/C16H25NO2/c1-4-12(2)19-16(11-17-14-8-9-14)13-6-5-7-15(10-13)18-3/h5-7,10,12,14,16-17H,4,8-9,11H2,1-3H3. The van der Waals surface area contributed by atoms with Gasteiger partial charge in [-0.15, -0.1) is 0 Å². The predicted molar refractivity (Wildman–Crippen MR) is 77.6 cm³/mol. The molecule has 0 aromatic heterocycles. The molecule has 1 N–H and O–H groups in total. The van der Waals surface area contributed by atoms with Gasteiger partial charge in [0.05, 0.1) is 19.3 Å². The molecule has 0 aliphatic heterocycles. The van der Waals surface area contributed by atoms with Gasteiger partial charge in [0.1, 0.15) is 5.75 Å². The van der Waals surface area contributed by atoms with Crippen molar-refractivity contribution in [3.63, 3.8) is 0 Å². The molecule has 3 nitrogen and oxygen atoms in total. The summed E-state index contributed by atoms with van der Waals surface area (Å²) in [6, 6.07) is 8.89. The summed E-state index contributed by atoms with van der Waals surface area (Å²) in [4.78, 5) is 0. The molecule has 0 heterocycles. The van der Waals surface area contributed by atoms with Gasteiger partial charge in [-0.3, -0.25) is 0 Å². The van der Waals surface area contributed by atoms with Crippen LogP contribution < -0.4 is 10.1 Å². The third-order valence-electron chi connectivity index (χ3n) is 3.61. The third-order valence-corrected chi connectivity index (χ3v) is 3.61. The Morgan fingerprint density at radius 2 is 2.16 bits per heavy atom. The van der Waals surface area contributed by atoms with Crippen molar-refractivity contribution < 1.29 is 9.47 Å². The molecule has 19 heavy (non-hydrogen) atoms. The Labute approximate surface area is 116 Å². The SMILES string of the molecule is CCC(C)OC(CNC1CC1)c1cccc(OC)c1. The van der Waals surface area contributed by atoms with E-state index in [4.69, 9.17) is 9.47 Å². The second-order valence-electron chi connectivity index (χ2n) is 5.30. The van der Waals surface area contributed by atoms with E-state index in [2.05, 4.69) is 31.3 Å². The molecule has 1 aliphatic rings. The van der Waals surface area contributed by atoms with Crippen molar-refractivity contribution in [3.05, 3.63) is 29.8 Å². The Morgan fingerprint density at radius 3 is 2.79 bits per heavy atom. The van der Waals surface area contributed by atoms with Crippen molar-refractivity contribution in [2.24, 2.45) is 0 Å². The second-order valence-corrected chi connectivity index (χ2v) is 5.30. The van der Waals surface area contributed by atoms with Crippen LogP contribution in [0.3, 0.4) is 0 Å². The fourth-order valence-corrected chi connectivity index (χ4v) is 2.02. The van der Waals surface area contributed by atoms with Crippen molar-refractivity contribution in [2.75, 3.05) is 13.7 Å². The molecule has 0 radical (unpaired) electrons. The van der Waals surface area contributed by atoms with Crippen LogP contribution in [0.4, 0.5) is 0 Å². The minimum absolute atomic E-state index is 0.102. The lowest BCUT2D eigenvalue weighted by Crippen LogP contribution is -2.27. The third kappa shape index (κ3) is 4.51. The topological polar surface area (TPSA) is 30.5 Å². The summed E-state index contributed by atoms with van der Waals surface area (Å²) >= 11 is 0. The molecule has 1 fully saturated rings. The van der Waals surface area contributed by atoms with Gasteiger partial charge in [-0.2, -0.15) is 0 Å². The van der Waals surface area contributed by atoms with Gasteiger partial charge in [-0.1, -0.05) is 19.1 Å². The van der Waals surface area contributed by atoms with Crippen LogP contribution in [0.5, 0.6) is 5.75 Å². The first kappa shape index (κ1) is 14.4. The highest BCUT2D eigenvalue weighted by molar-refractivity contribution is 5.30. The lowest BCUT2D eigenvalue weighted by Gasteiger charge is -2.23. The fourth-order valence-electron chi connectivity index (χ4n) is 2.02. The maximum absolute atomic E-state index is 6.15. The molecule has 2 atom stereocenters. The van der Waals surface area contributed by atoms with E-state index >= 15 is 0 Å². The minimum atomic E-state index is 0.102. The van der Waals surface area contributed by atoms with Gasteiger partial charge in [0.25, 0.3) is 0 Å². The first-order valence-corrected chi connectivity index (χ1v) is 7.25. The minimum Gasteiger partial charge on any atom is -0.497 e. The highest BCUT2D eigenvalue weighted by Gasteiger charge is 2.23.